The highest BCUT2D eigenvalue weighted by atomic mass is 15.3. The van der Waals surface area contributed by atoms with Crippen molar-refractivity contribution in [3.8, 4) is 0 Å². The Hall–Kier alpha value is -1.65. The van der Waals surface area contributed by atoms with Crippen LogP contribution in [0.2, 0.25) is 0 Å². The van der Waals surface area contributed by atoms with Crippen LogP contribution in [0.3, 0.4) is 0 Å². The first kappa shape index (κ1) is 18.7. The first-order chi connectivity index (χ1) is 12.9. The van der Waals surface area contributed by atoms with Crippen molar-refractivity contribution in [2.45, 2.75) is 53.2 Å². The molecule has 0 bridgehead atoms. The standard InChI is InChI=1S/C23H34N4/c1-15(2)27-18(5)21(17(4)24-27)13-26-12-19-11-25(6)23(22(19)14-26)20-10-8-7-9-16(20)3/h7-10,15,19,22-23H,11-14H2,1-6H3/t19-,22+,23+/m0/s1. The number of aromatic nitrogens is 2. The highest BCUT2D eigenvalue weighted by molar-refractivity contribution is 5.31. The summed E-state index contributed by atoms with van der Waals surface area (Å²) in [6.07, 6.45) is 0. The van der Waals surface area contributed by atoms with Gasteiger partial charge in [-0.2, -0.15) is 5.10 Å². The predicted octanol–water partition coefficient (Wildman–Crippen LogP) is 4.12. The summed E-state index contributed by atoms with van der Waals surface area (Å²) in [5.74, 6) is 1.51. The molecule has 3 atom stereocenters. The molecule has 1 aromatic carbocycles. The molecule has 2 aliphatic heterocycles. The molecule has 0 amide bonds. The fourth-order valence-corrected chi connectivity index (χ4v) is 5.52. The van der Waals surface area contributed by atoms with Crippen LogP contribution in [0.25, 0.3) is 0 Å². The van der Waals surface area contributed by atoms with Gasteiger partial charge in [-0.3, -0.25) is 14.5 Å². The average Bonchev–Trinajstić information content (AvgIpc) is 3.22. The third-order valence-corrected chi connectivity index (χ3v) is 6.82. The summed E-state index contributed by atoms with van der Waals surface area (Å²) >= 11 is 0. The van der Waals surface area contributed by atoms with Crippen molar-refractivity contribution in [1.82, 2.24) is 19.6 Å². The van der Waals surface area contributed by atoms with Crippen LogP contribution in [0, 0.1) is 32.6 Å². The van der Waals surface area contributed by atoms with E-state index in [0.717, 1.165) is 18.4 Å². The zero-order valence-corrected chi connectivity index (χ0v) is 17.7. The number of fused-ring (bicyclic) bond motifs is 1. The second-order valence-corrected chi connectivity index (χ2v) is 9.05. The lowest BCUT2D eigenvalue weighted by atomic mass is 9.88. The van der Waals surface area contributed by atoms with E-state index in [9.17, 15) is 0 Å². The third-order valence-electron chi connectivity index (χ3n) is 6.82. The molecule has 2 aliphatic rings. The zero-order chi connectivity index (χ0) is 19.3. The SMILES string of the molecule is Cc1ccccc1[C@@H]1[C@@H]2CN(Cc3c(C)nn(C(C)C)c3C)C[C@@H]2CN1C. The Morgan fingerprint density at radius 3 is 2.48 bits per heavy atom. The van der Waals surface area contributed by atoms with Crippen LogP contribution < -0.4 is 0 Å². The van der Waals surface area contributed by atoms with Gasteiger partial charge >= 0.3 is 0 Å². The molecular weight excluding hydrogens is 332 g/mol. The molecule has 2 fully saturated rings. The smallest absolute Gasteiger partial charge is 0.0641 e. The topological polar surface area (TPSA) is 24.3 Å². The lowest BCUT2D eigenvalue weighted by Gasteiger charge is -2.28. The fraction of sp³-hybridized carbons (Fsp3) is 0.609. The lowest BCUT2D eigenvalue weighted by Crippen LogP contribution is -2.29. The highest BCUT2D eigenvalue weighted by Gasteiger charge is 2.46. The van der Waals surface area contributed by atoms with Gasteiger partial charge in [-0.15, -0.1) is 0 Å². The van der Waals surface area contributed by atoms with Crippen molar-refractivity contribution < 1.29 is 0 Å². The number of rotatable bonds is 4. The second kappa shape index (κ2) is 7.06. The fourth-order valence-electron chi connectivity index (χ4n) is 5.52. The van der Waals surface area contributed by atoms with Crippen molar-refractivity contribution in [3.05, 3.63) is 52.3 Å². The summed E-state index contributed by atoms with van der Waals surface area (Å²) in [6.45, 7) is 15.8. The third kappa shape index (κ3) is 3.23. The number of likely N-dealkylation sites (tertiary alicyclic amines) is 2. The minimum Gasteiger partial charge on any atom is -0.299 e. The van der Waals surface area contributed by atoms with E-state index in [0.29, 0.717) is 12.1 Å². The predicted molar refractivity (Wildman–Crippen MR) is 111 cm³/mol. The molecular formula is C23H34N4. The van der Waals surface area contributed by atoms with E-state index in [-0.39, 0.29) is 0 Å². The van der Waals surface area contributed by atoms with E-state index in [1.807, 2.05) is 0 Å². The van der Waals surface area contributed by atoms with E-state index in [1.54, 1.807) is 0 Å². The maximum Gasteiger partial charge on any atom is 0.0641 e. The van der Waals surface area contributed by atoms with Gasteiger partial charge in [-0.25, -0.2) is 0 Å². The normalized spacial score (nSPS) is 26.3. The van der Waals surface area contributed by atoms with Crippen LogP contribution in [0.1, 0.15) is 54.0 Å². The minimum absolute atomic E-state index is 0.425. The molecule has 0 radical (unpaired) electrons. The van der Waals surface area contributed by atoms with E-state index >= 15 is 0 Å². The Labute approximate surface area is 164 Å². The highest BCUT2D eigenvalue weighted by Crippen LogP contribution is 2.45. The number of benzene rings is 1. The monoisotopic (exact) mass is 366 g/mol. The Bertz CT molecular complexity index is 822. The van der Waals surface area contributed by atoms with E-state index in [2.05, 4.69) is 80.4 Å². The van der Waals surface area contributed by atoms with E-state index in [1.165, 1.54) is 47.7 Å². The molecule has 1 aromatic heterocycles. The van der Waals surface area contributed by atoms with Gasteiger partial charge in [0.1, 0.15) is 0 Å². The Morgan fingerprint density at radius 1 is 1.07 bits per heavy atom. The maximum absolute atomic E-state index is 4.79. The molecule has 4 nitrogen and oxygen atoms in total. The molecule has 0 N–H and O–H groups in total. The summed E-state index contributed by atoms with van der Waals surface area (Å²) < 4.78 is 2.19. The van der Waals surface area contributed by atoms with Gasteiger partial charge in [0.25, 0.3) is 0 Å². The molecule has 0 spiro atoms. The van der Waals surface area contributed by atoms with Crippen LogP contribution in [-0.2, 0) is 6.54 Å². The first-order valence-electron chi connectivity index (χ1n) is 10.4. The number of aryl methyl sites for hydroxylation is 2. The van der Waals surface area contributed by atoms with E-state index in [4.69, 9.17) is 5.10 Å². The van der Waals surface area contributed by atoms with Crippen LogP contribution in [0.5, 0.6) is 0 Å². The van der Waals surface area contributed by atoms with Gasteiger partial charge in [0, 0.05) is 49.5 Å². The molecule has 0 aliphatic carbocycles. The largest absolute Gasteiger partial charge is 0.299 e. The molecule has 27 heavy (non-hydrogen) atoms. The summed E-state index contributed by atoms with van der Waals surface area (Å²) in [7, 11) is 2.31. The molecule has 4 heteroatoms. The molecule has 3 heterocycles. The molecule has 2 saturated heterocycles. The van der Waals surface area contributed by atoms with Gasteiger partial charge in [0.2, 0.25) is 0 Å². The van der Waals surface area contributed by atoms with Gasteiger partial charge in [-0.05, 0) is 64.6 Å². The van der Waals surface area contributed by atoms with Crippen LogP contribution >= 0.6 is 0 Å². The molecule has 2 aromatic rings. The first-order valence-corrected chi connectivity index (χ1v) is 10.4. The van der Waals surface area contributed by atoms with Gasteiger partial charge in [0.15, 0.2) is 0 Å². The average molecular weight is 367 g/mol. The summed E-state index contributed by atoms with van der Waals surface area (Å²) in [5, 5.41) is 4.79. The van der Waals surface area contributed by atoms with Gasteiger partial charge in [0.05, 0.1) is 5.69 Å². The number of hydrogen-bond acceptors (Lipinski definition) is 3. The molecule has 0 saturated carbocycles. The maximum atomic E-state index is 4.79. The van der Waals surface area contributed by atoms with Crippen molar-refractivity contribution in [3.63, 3.8) is 0 Å². The van der Waals surface area contributed by atoms with Gasteiger partial charge < -0.3 is 0 Å². The number of hydrogen-bond donors (Lipinski definition) is 0. The van der Waals surface area contributed by atoms with Crippen molar-refractivity contribution in [2.24, 2.45) is 11.8 Å². The van der Waals surface area contributed by atoms with Crippen LogP contribution in [0.4, 0.5) is 0 Å². The Balaban J connectivity index is 1.53. The van der Waals surface area contributed by atoms with Crippen LogP contribution in [-0.4, -0.2) is 46.3 Å². The lowest BCUT2D eigenvalue weighted by molar-refractivity contribution is 0.223. The minimum atomic E-state index is 0.425. The van der Waals surface area contributed by atoms with Gasteiger partial charge in [-0.1, -0.05) is 24.3 Å². The van der Waals surface area contributed by atoms with Crippen molar-refractivity contribution in [2.75, 3.05) is 26.7 Å². The quantitative estimate of drug-likeness (QED) is 0.813. The molecule has 146 valence electrons. The number of nitrogens with zero attached hydrogens (tertiary/aromatic N) is 4. The zero-order valence-electron chi connectivity index (χ0n) is 17.7. The Kier molecular flexibility index (Phi) is 4.89. The molecule has 0 unspecified atom stereocenters. The van der Waals surface area contributed by atoms with Crippen molar-refractivity contribution >= 4 is 0 Å². The summed E-state index contributed by atoms with van der Waals surface area (Å²) in [4.78, 5) is 5.26. The molecule has 4 rings (SSSR count). The van der Waals surface area contributed by atoms with E-state index < -0.39 is 0 Å². The van der Waals surface area contributed by atoms with Crippen molar-refractivity contribution in [1.29, 1.82) is 0 Å². The summed E-state index contributed by atoms with van der Waals surface area (Å²) in [5.41, 5.74) is 6.93. The Morgan fingerprint density at radius 2 is 1.81 bits per heavy atom. The summed E-state index contributed by atoms with van der Waals surface area (Å²) in [6, 6.07) is 9.93. The second-order valence-electron chi connectivity index (χ2n) is 9.05. The van der Waals surface area contributed by atoms with Crippen LogP contribution in [0.15, 0.2) is 24.3 Å².